The van der Waals surface area contributed by atoms with Crippen LogP contribution in [0.4, 0.5) is 0 Å². The highest BCUT2D eigenvalue weighted by Gasteiger charge is 2.72. The third-order valence-electron chi connectivity index (χ3n) is 10.1. The van der Waals surface area contributed by atoms with Crippen molar-refractivity contribution in [1.29, 1.82) is 0 Å². The van der Waals surface area contributed by atoms with Gasteiger partial charge in [0.05, 0.1) is 19.8 Å². The molecule has 1 N–H and O–H groups in total. The maximum atomic E-state index is 6.91. The minimum atomic E-state index is 0.160. The summed E-state index contributed by atoms with van der Waals surface area (Å²) >= 11 is 0. The summed E-state index contributed by atoms with van der Waals surface area (Å²) in [5.41, 5.74) is 3.73. The molecule has 2 bridgehead atoms. The van der Waals surface area contributed by atoms with Gasteiger partial charge >= 0.3 is 0 Å². The van der Waals surface area contributed by atoms with Gasteiger partial charge in [0.15, 0.2) is 0 Å². The molecular formula is C28H40N2O2. The Balaban J connectivity index is 1.19. The highest BCUT2D eigenvalue weighted by Crippen LogP contribution is 2.67. The van der Waals surface area contributed by atoms with Crippen molar-refractivity contribution in [3.05, 3.63) is 29.3 Å². The van der Waals surface area contributed by atoms with Crippen LogP contribution in [0.2, 0.25) is 0 Å². The molecule has 4 aliphatic carbocycles. The summed E-state index contributed by atoms with van der Waals surface area (Å²) in [6.45, 7) is 4.68. The number of nitrogens with zero attached hydrogens (tertiary/aromatic N) is 1. The van der Waals surface area contributed by atoms with Gasteiger partial charge in [-0.25, -0.2) is 0 Å². The van der Waals surface area contributed by atoms with E-state index >= 15 is 0 Å². The van der Waals surface area contributed by atoms with Crippen LogP contribution < -0.4 is 10.1 Å². The van der Waals surface area contributed by atoms with Crippen molar-refractivity contribution in [3.8, 4) is 5.75 Å². The van der Waals surface area contributed by atoms with Gasteiger partial charge in [-0.2, -0.15) is 0 Å². The van der Waals surface area contributed by atoms with E-state index < -0.39 is 0 Å². The third kappa shape index (κ3) is 3.05. The van der Waals surface area contributed by atoms with Crippen molar-refractivity contribution < 1.29 is 9.47 Å². The van der Waals surface area contributed by atoms with Gasteiger partial charge in [0.2, 0.25) is 0 Å². The molecule has 4 heteroatoms. The summed E-state index contributed by atoms with van der Waals surface area (Å²) in [5.74, 6) is 2.84. The second-order valence-corrected chi connectivity index (χ2v) is 12.3. The average Bonchev–Trinajstić information content (AvgIpc) is 3.61. The van der Waals surface area contributed by atoms with E-state index in [9.17, 15) is 0 Å². The lowest BCUT2D eigenvalue weighted by Gasteiger charge is -2.56. The molecule has 2 spiro atoms. The SMILES string of the molecule is COc1ccc2c(c1)C13CC(NCC4CCCCC4)COC1[C@@H]1N(CC4CC4)C[C@]1(C2)C3. The monoisotopic (exact) mass is 436 g/mol. The summed E-state index contributed by atoms with van der Waals surface area (Å²) in [5, 5.41) is 3.99. The minimum Gasteiger partial charge on any atom is -0.497 e. The zero-order valence-electron chi connectivity index (χ0n) is 19.8. The lowest BCUT2D eigenvalue weighted by atomic mass is 9.61. The van der Waals surface area contributed by atoms with Gasteiger partial charge in [-0.1, -0.05) is 25.3 Å². The predicted molar refractivity (Wildman–Crippen MR) is 126 cm³/mol. The van der Waals surface area contributed by atoms with Gasteiger partial charge < -0.3 is 14.8 Å². The van der Waals surface area contributed by atoms with E-state index in [0.29, 0.717) is 23.6 Å². The number of rotatable bonds is 6. The third-order valence-corrected chi connectivity index (χ3v) is 10.1. The van der Waals surface area contributed by atoms with Gasteiger partial charge in [-0.15, -0.1) is 0 Å². The van der Waals surface area contributed by atoms with Crippen molar-refractivity contribution in [2.75, 3.05) is 33.4 Å². The van der Waals surface area contributed by atoms with Crippen LogP contribution in [0.25, 0.3) is 0 Å². The molecule has 2 heterocycles. The molecule has 2 aliphatic heterocycles. The number of methoxy groups -OCH3 is 1. The molecule has 7 rings (SSSR count). The smallest absolute Gasteiger partial charge is 0.119 e. The Labute approximate surface area is 193 Å². The summed E-state index contributed by atoms with van der Waals surface area (Å²) in [4.78, 5) is 2.82. The van der Waals surface area contributed by atoms with E-state index in [1.165, 1.54) is 83.8 Å². The molecular weight excluding hydrogens is 396 g/mol. The second kappa shape index (κ2) is 7.45. The van der Waals surface area contributed by atoms with E-state index in [0.717, 1.165) is 24.2 Å². The Morgan fingerprint density at radius 1 is 1.12 bits per heavy atom. The zero-order valence-corrected chi connectivity index (χ0v) is 19.8. The predicted octanol–water partition coefficient (Wildman–Crippen LogP) is 4.30. The summed E-state index contributed by atoms with van der Waals surface area (Å²) in [7, 11) is 1.81. The zero-order chi connectivity index (χ0) is 21.3. The first-order chi connectivity index (χ1) is 15.7. The quantitative estimate of drug-likeness (QED) is 0.721. The van der Waals surface area contributed by atoms with Crippen LogP contribution in [0.5, 0.6) is 5.75 Å². The molecule has 4 nitrogen and oxygen atoms in total. The van der Waals surface area contributed by atoms with E-state index in [-0.39, 0.29) is 5.41 Å². The number of benzene rings is 1. The molecule has 5 fully saturated rings. The molecule has 0 amide bonds. The highest BCUT2D eigenvalue weighted by molar-refractivity contribution is 5.50. The van der Waals surface area contributed by atoms with Crippen molar-refractivity contribution in [2.45, 2.75) is 87.8 Å². The lowest BCUT2D eigenvalue weighted by Crippen LogP contribution is -2.67. The van der Waals surface area contributed by atoms with E-state index in [4.69, 9.17) is 9.47 Å². The number of fused-ring (bicyclic) bond motifs is 2. The molecule has 1 aromatic rings. The fourth-order valence-corrected chi connectivity index (χ4v) is 8.66. The largest absolute Gasteiger partial charge is 0.497 e. The lowest BCUT2D eigenvalue weighted by molar-refractivity contribution is -0.128. The number of ether oxygens (including phenoxy) is 2. The molecule has 32 heavy (non-hydrogen) atoms. The first kappa shape index (κ1) is 20.3. The fourth-order valence-electron chi connectivity index (χ4n) is 8.66. The van der Waals surface area contributed by atoms with E-state index in [2.05, 4.69) is 28.4 Å². The molecule has 3 unspecified atom stereocenters. The summed E-state index contributed by atoms with van der Waals surface area (Å²) < 4.78 is 12.6. The molecule has 0 aromatic heterocycles. The van der Waals surface area contributed by atoms with E-state index in [1.807, 2.05) is 7.11 Å². The molecule has 2 saturated heterocycles. The fraction of sp³-hybridized carbons (Fsp3) is 0.786. The summed E-state index contributed by atoms with van der Waals surface area (Å²) in [6, 6.07) is 8.04. The Kier molecular flexibility index (Phi) is 4.72. The standard InChI is InChI=1S/C28H40N2O2/c1-31-23-10-9-21-12-27-17-28(24(21)11-23)13-22(29-14-19-5-3-2-4-6-19)16-32-26(28)25(27)30(18-27)15-20-7-8-20/h9-11,19-20,22,25-26,29H,2-8,12-18H2,1H3/t22?,25-,26?,27-,28?/m0/s1. The number of nitrogens with one attached hydrogen (secondary N) is 1. The Hall–Kier alpha value is -1.10. The van der Waals surface area contributed by atoms with Crippen molar-refractivity contribution in [2.24, 2.45) is 17.3 Å². The van der Waals surface area contributed by atoms with Crippen LogP contribution in [-0.4, -0.2) is 56.4 Å². The number of likely N-dealkylation sites (tertiary alicyclic amines) is 1. The summed E-state index contributed by atoms with van der Waals surface area (Å²) in [6.07, 6.45) is 14.1. The number of hydrogen-bond acceptors (Lipinski definition) is 4. The first-order valence-corrected chi connectivity index (χ1v) is 13.5. The van der Waals surface area contributed by atoms with Gasteiger partial charge in [-0.3, -0.25) is 4.90 Å². The van der Waals surface area contributed by atoms with Gasteiger partial charge in [0.1, 0.15) is 5.75 Å². The molecule has 0 radical (unpaired) electrons. The van der Waals surface area contributed by atoms with Crippen LogP contribution in [0.15, 0.2) is 18.2 Å². The van der Waals surface area contributed by atoms with Crippen LogP contribution >= 0.6 is 0 Å². The minimum absolute atomic E-state index is 0.160. The topological polar surface area (TPSA) is 33.7 Å². The Morgan fingerprint density at radius 3 is 2.81 bits per heavy atom. The van der Waals surface area contributed by atoms with Crippen molar-refractivity contribution >= 4 is 0 Å². The van der Waals surface area contributed by atoms with Crippen LogP contribution in [0, 0.1) is 17.3 Å². The molecule has 5 atom stereocenters. The van der Waals surface area contributed by atoms with E-state index in [1.54, 1.807) is 11.1 Å². The second-order valence-electron chi connectivity index (χ2n) is 12.3. The Bertz CT molecular complexity index is 878. The van der Waals surface area contributed by atoms with Crippen molar-refractivity contribution in [1.82, 2.24) is 10.2 Å². The normalized spacial score (nSPS) is 40.8. The van der Waals surface area contributed by atoms with Crippen LogP contribution in [0.3, 0.4) is 0 Å². The molecule has 1 aromatic carbocycles. The van der Waals surface area contributed by atoms with Crippen LogP contribution in [-0.2, 0) is 16.6 Å². The first-order valence-electron chi connectivity index (χ1n) is 13.5. The van der Waals surface area contributed by atoms with Gasteiger partial charge in [-0.05, 0) is 86.6 Å². The maximum Gasteiger partial charge on any atom is 0.119 e. The average molecular weight is 437 g/mol. The van der Waals surface area contributed by atoms with Crippen molar-refractivity contribution in [3.63, 3.8) is 0 Å². The molecule has 6 aliphatic rings. The highest BCUT2D eigenvalue weighted by atomic mass is 16.5. The Morgan fingerprint density at radius 2 is 2.00 bits per heavy atom. The van der Waals surface area contributed by atoms with Crippen LogP contribution in [0.1, 0.15) is 68.9 Å². The number of hydrogen-bond donors (Lipinski definition) is 1. The molecule has 3 saturated carbocycles. The van der Waals surface area contributed by atoms with Gasteiger partial charge in [0, 0.05) is 36.0 Å². The van der Waals surface area contributed by atoms with Gasteiger partial charge in [0.25, 0.3) is 0 Å². The maximum absolute atomic E-state index is 6.91. The molecule has 174 valence electrons.